The fraction of sp³-hybridized carbons (Fsp3) is 0.650. The molecule has 0 bridgehead atoms. The van der Waals surface area contributed by atoms with Crippen molar-refractivity contribution < 1.29 is 9.47 Å². The summed E-state index contributed by atoms with van der Waals surface area (Å²) in [7, 11) is 3.89. The van der Waals surface area contributed by atoms with Gasteiger partial charge in [0.15, 0.2) is 11.6 Å². The van der Waals surface area contributed by atoms with Crippen molar-refractivity contribution >= 4 is 23.2 Å². The zero-order chi connectivity index (χ0) is 18.8. The Kier molecular flexibility index (Phi) is 3.65. The Balaban J connectivity index is 1.55. The van der Waals surface area contributed by atoms with Crippen molar-refractivity contribution in [3.05, 3.63) is 18.6 Å². The van der Waals surface area contributed by atoms with Crippen LogP contribution >= 0.6 is 0 Å². The Bertz CT molecular complexity index is 899. The van der Waals surface area contributed by atoms with E-state index in [4.69, 9.17) is 9.47 Å². The highest BCUT2D eigenvalue weighted by Gasteiger charge is 2.63. The lowest BCUT2D eigenvalue weighted by atomic mass is 9.66. The predicted molar refractivity (Wildman–Crippen MR) is 103 cm³/mol. The van der Waals surface area contributed by atoms with Crippen LogP contribution in [0.2, 0.25) is 0 Å². The van der Waals surface area contributed by atoms with Gasteiger partial charge in [0.2, 0.25) is 0 Å². The molecule has 2 aliphatic carbocycles. The van der Waals surface area contributed by atoms with Gasteiger partial charge >= 0.3 is 0 Å². The number of hydrogen-bond acceptors (Lipinski definition) is 5. The summed E-state index contributed by atoms with van der Waals surface area (Å²) in [5.41, 5.74) is 1.18. The second-order valence-electron chi connectivity index (χ2n) is 8.87. The summed E-state index contributed by atoms with van der Waals surface area (Å²) in [4.78, 5) is 15.3. The highest BCUT2D eigenvalue weighted by molar-refractivity contribution is 5.87. The molecule has 3 aliphatic rings. The number of aliphatic imine (C=N–C) groups is 1. The quantitative estimate of drug-likeness (QED) is 0.614. The lowest BCUT2D eigenvalue weighted by Gasteiger charge is -2.42. The SMILES string of the molecule is CN(C)C=Nc1ncnc2c1ccn2[C@@H]1CC2(CCC2)[C@H]2OC(C)(C)O[C@@H]12. The van der Waals surface area contributed by atoms with E-state index in [0.29, 0.717) is 5.82 Å². The van der Waals surface area contributed by atoms with Crippen LogP contribution in [0.25, 0.3) is 11.0 Å². The van der Waals surface area contributed by atoms with Gasteiger partial charge in [-0.1, -0.05) is 6.42 Å². The molecule has 5 rings (SSSR count). The Hall–Kier alpha value is -1.99. The van der Waals surface area contributed by atoms with Gasteiger partial charge in [-0.25, -0.2) is 15.0 Å². The van der Waals surface area contributed by atoms with Gasteiger partial charge in [-0.3, -0.25) is 0 Å². The van der Waals surface area contributed by atoms with Gasteiger partial charge in [0.25, 0.3) is 0 Å². The Morgan fingerprint density at radius 3 is 2.78 bits per heavy atom. The molecular weight excluding hydrogens is 342 g/mol. The first-order valence-corrected chi connectivity index (χ1v) is 9.76. The number of nitrogens with zero attached hydrogens (tertiary/aromatic N) is 5. The molecule has 1 aliphatic heterocycles. The van der Waals surface area contributed by atoms with Crippen LogP contribution in [-0.4, -0.2) is 57.9 Å². The lowest BCUT2D eigenvalue weighted by Crippen LogP contribution is -2.41. The molecule has 0 radical (unpaired) electrons. The van der Waals surface area contributed by atoms with Crippen molar-refractivity contribution in [1.82, 2.24) is 19.4 Å². The van der Waals surface area contributed by atoms with Gasteiger partial charge in [-0.15, -0.1) is 0 Å². The molecule has 2 saturated carbocycles. The Labute approximate surface area is 159 Å². The van der Waals surface area contributed by atoms with E-state index in [1.54, 1.807) is 12.7 Å². The first kappa shape index (κ1) is 17.1. The van der Waals surface area contributed by atoms with Crippen LogP contribution in [0.3, 0.4) is 0 Å². The van der Waals surface area contributed by atoms with E-state index in [1.165, 1.54) is 19.3 Å². The van der Waals surface area contributed by atoms with E-state index in [1.807, 2.05) is 32.8 Å². The van der Waals surface area contributed by atoms with Gasteiger partial charge in [0.05, 0.1) is 23.9 Å². The number of ether oxygens (including phenoxy) is 2. The summed E-state index contributed by atoms with van der Waals surface area (Å²) in [6.07, 6.45) is 10.6. The Morgan fingerprint density at radius 2 is 2.07 bits per heavy atom. The fourth-order valence-corrected chi connectivity index (χ4v) is 5.07. The van der Waals surface area contributed by atoms with E-state index in [9.17, 15) is 0 Å². The highest BCUT2D eigenvalue weighted by Crippen LogP contribution is 2.62. The van der Waals surface area contributed by atoms with Gasteiger partial charge < -0.3 is 18.9 Å². The third-order valence-electron chi connectivity index (χ3n) is 6.33. The number of hydrogen-bond donors (Lipinski definition) is 0. The lowest BCUT2D eigenvalue weighted by molar-refractivity contribution is -0.176. The molecular formula is C20H27N5O2. The van der Waals surface area contributed by atoms with Gasteiger partial charge in [-0.2, -0.15) is 0 Å². The zero-order valence-corrected chi connectivity index (χ0v) is 16.4. The second-order valence-corrected chi connectivity index (χ2v) is 8.87. The van der Waals surface area contributed by atoms with Crippen LogP contribution in [0.15, 0.2) is 23.6 Å². The van der Waals surface area contributed by atoms with Crippen LogP contribution in [0.5, 0.6) is 0 Å². The molecule has 3 fully saturated rings. The Morgan fingerprint density at radius 1 is 1.26 bits per heavy atom. The summed E-state index contributed by atoms with van der Waals surface area (Å²) in [6.45, 7) is 4.05. The molecule has 1 saturated heterocycles. The molecule has 2 aromatic heterocycles. The summed E-state index contributed by atoms with van der Waals surface area (Å²) < 4.78 is 15.0. The zero-order valence-electron chi connectivity index (χ0n) is 16.4. The maximum Gasteiger partial charge on any atom is 0.166 e. The van der Waals surface area contributed by atoms with Crippen LogP contribution in [0.4, 0.5) is 5.82 Å². The van der Waals surface area contributed by atoms with Crippen molar-refractivity contribution in [2.75, 3.05) is 14.1 Å². The average Bonchev–Trinajstić information content (AvgIpc) is 3.21. The van der Waals surface area contributed by atoms with Crippen molar-refractivity contribution in [1.29, 1.82) is 0 Å². The summed E-state index contributed by atoms with van der Waals surface area (Å²) >= 11 is 0. The third-order valence-corrected chi connectivity index (χ3v) is 6.33. The predicted octanol–water partition coefficient (Wildman–Crippen LogP) is 3.29. The normalized spacial score (nSPS) is 30.9. The minimum absolute atomic E-state index is 0.0691. The maximum atomic E-state index is 6.38. The molecule has 3 atom stereocenters. The largest absolute Gasteiger partial charge is 0.369 e. The first-order valence-electron chi connectivity index (χ1n) is 9.76. The summed E-state index contributed by atoms with van der Waals surface area (Å²) in [5, 5.41) is 0.972. The monoisotopic (exact) mass is 369 g/mol. The van der Waals surface area contributed by atoms with E-state index >= 15 is 0 Å². The maximum absolute atomic E-state index is 6.38. The van der Waals surface area contributed by atoms with Crippen LogP contribution in [0, 0.1) is 5.41 Å². The topological polar surface area (TPSA) is 64.8 Å². The highest BCUT2D eigenvalue weighted by atomic mass is 16.8. The van der Waals surface area contributed by atoms with Crippen molar-refractivity contribution in [2.45, 2.75) is 63.6 Å². The standard InChI is InChI=1S/C20H27N5O2/c1-19(2)26-15-14(10-20(7-5-8-20)16(15)27-19)25-9-6-13-17(23-12-24(3)4)21-11-22-18(13)25/h6,9,11-12,14-16H,5,7-8,10H2,1-4H3/t14-,15+,16+/m1/s1. The molecule has 27 heavy (non-hydrogen) atoms. The minimum atomic E-state index is -0.518. The molecule has 144 valence electrons. The minimum Gasteiger partial charge on any atom is -0.369 e. The third kappa shape index (κ3) is 2.59. The van der Waals surface area contributed by atoms with Crippen LogP contribution in [-0.2, 0) is 9.47 Å². The molecule has 3 heterocycles. The molecule has 7 heteroatoms. The van der Waals surface area contributed by atoms with Crippen LogP contribution in [0.1, 0.15) is 45.6 Å². The van der Waals surface area contributed by atoms with Crippen LogP contribution < -0.4 is 0 Å². The van der Waals surface area contributed by atoms with Gasteiger partial charge in [-0.05, 0) is 39.2 Å². The average molecular weight is 369 g/mol. The van der Waals surface area contributed by atoms with Crippen molar-refractivity contribution in [2.24, 2.45) is 10.4 Å². The molecule has 7 nitrogen and oxygen atoms in total. The fourth-order valence-electron chi connectivity index (χ4n) is 5.07. The van der Waals surface area contributed by atoms with E-state index in [-0.39, 0.29) is 23.7 Å². The number of aromatic nitrogens is 3. The first-order chi connectivity index (χ1) is 12.9. The molecule has 1 spiro atoms. The summed E-state index contributed by atoms with van der Waals surface area (Å²) in [6, 6.07) is 2.30. The summed E-state index contributed by atoms with van der Waals surface area (Å²) in [5.74, 6) is 0.180. The van der Waals surface area contributed by atoms with Gasteiger partial charge in [0, 0.05) is 25.7 Å². The second kappa shape index (κ2) is 5.75. The van der Waals surface area contributed by atoms with Gasteiger partial charge in [0.1, 0.15) is 18.1 Å². The van der Waals surface area contributed by atoms with Crippen molar-refractivity contribution in [3.8, 4) is 0 Å². The van der Waals surface area contributed by atoms with Crippen molar-refractivity contribution in [3.63, 3.8) is 0 Å². The number of fused-ring (bicyclic) bond motifs is 3. The smallest absolute Gasteiger partial charge is 0.166 e. The molecule has 2 aromatic rings. The molecule has 0 aromatic carbocycles. The van der Waals surface area contributed by atoms with E-state index < -0.39 is 5.79 Å². The number of rotatable bonds is 3. The van der Waals surface area contributed by atoms with E-state index in [0.717, 1.165) is 17.5 Å². The molecule has 0 amide bonds. The van der Waals surface area contributed by atoms with E-state index in [2.05, 4.69) is 31.8 Å². The molecule has 0 N–H and O–H groups in total. The molecule has 0 unspecified atom stereocenters.